The number of rotatable bonds is 3. The lowest BCUT2D eigenvalue weighted by molar-refractivity contribution is -0.384. The van der Waals surface area contributed by atoms with E-state index in [0.29, 0.717) is 24.0 Å². The molecule has 162 valence electrons. The number of allylic oxidation sites excluding steroid dienone is 3. The van der Waals surface area contributed by atoms with Crippen molar-refractivity contribution in [3.63, 3.8) is 0 Å². The highest BCUT2D eigenvalue weighted by molar-refractivity contribution is 6.01. The number of nitriles is 1. The topological polar surface area (TPSA) is 113 Å². The Bertz CT molecular complexity index is 1250. The molecule has 0 bridgehead atoms. The molecule has 2 aromatic carbocycles. The summed E-state index contributed by atoms with van der Waals surface area (Å²) in [6, 6.07) is 16.0. The molecule has 1 aliphatic carbocycles. The molecule has 1 atom stereocenters. The molecule has 7 nitrogen and oxygen atoms in total. The molecule has 2 aromatic rings. The highest BCUT2D eigenvalue weighted by Gasteiger charge is 2.44. The summed E-state index contributed by atoms with van der Waals surface area (Å²) >= 11 is 0. The molecule has 32 heavy (non-hydrogen) atoms. The van der Waals surface area contributed by atoms with E-state index >= 15 is 0 Å². The van der Waals surface area contributed by atoms with E-state index in [9.17, 15) is 20.2 Å². The summed E-state index contributed by atoms with van der Waals surface area (Å²) in [5, 5.41) is 21.5. The Hall–Kier alpha value is -3.92. The van der Waals surface area contributed by atoms with Crippen molar-refractivity contribution in [1.29, 1.82) is 5.26 Å². The van der Waals surface area contributed by atoms with Crippen LogP contribution in [0.3, 0.4) is 0 Å². The number of nitro benzene ring substituents is 1. The van der Waals surface area contributed by atoms with E-state index in [1.54, 1.807) is 12.1 Å². The molecule has 1 heterocycles. The standard InChI is InChI=1S/C25H24N4O3/c1-15-6-4-8-17(10-15)28-20-12-25(2,3)13-21(30)23(20)22(19(14-26)24(28)27)16-7-5-9-18(11-16)29(31)32/h4-11,22H,12-13,27H2,1-3H3. The zero-order valence-corrected chi connectivity index (χ0v) is 18.3. The number of hydrogen-bond donors (Lipinski definition) is 1. The molecule has 7 heteroatoms. The van der Waals surface area contributed by atoms with Crippen LogP contribution >= 0.6 is 0 Å². The van der Waals surface area contributed by atoms with Gasteiger partial charge in [0.15, 0.2) is 5.78 Å². The van der Waals surface area contributed by atoms with Crippen LogP contribution in [0.4, 0.5) is 11.4 Å². The van der Waals surface area contributed by atoms with Crippen molar-refractivity contribution in [2.24, 2.45) is 11.1 Å². The van der Waals surface area contributed by atoms with Crippen molar-refractivity contribution in [3.8, 4) is 6.07 Å². The van der Waals surface area contributed by atoms with Gasteiger partial charge in [0.05, 0.1) is 22.5 Å². The molecule has 1 aliphatic heterocycles. The van der Waals surface area contributed by atoms with Crippen LogP contribution in [0, 0.1) is 33.8 Å². The monoisotopic (exact) mass is 428 g/mol. The van der Waals surface area contributed by atoms with E-state index in [4.69, 9.17) is 5.73 Å². The van der Waals surface area contributed by atoms with Crippen molar-refractivity contribution < 1.29 is 9.72 Å². The minimum absolute atomic E-state index is 0.0642. The number of carbonyl (C=O) groups is 1. The lowest BCUT2D eigenvalue weighted by Crippen LogP contribution is -2.42. The van der Waals surface area contributed by atoms with Gasteiger partial charge < -0.3 is 5.73 Å². The SMILES string of the molecule is Cc1cccc(N2C(N)=C(C#N)C(c3cccc([N+](=O)[O-])c3)C3=C2CC(C)(C)CC3=O)c1. The highest BCUT2D eigenvalue weighted by Crippen LogP contribution is 2.50. The number of anilines is 1. The first-order chi connectivity index (χ1) is 15.1. The number of benzene rings is 2. The number of non-ortho nitro benzene ring substituents is 1. The van der Waals surface area contributed by atoms with Gasteiger partial charge in [-0.25, -0.2) is 0 Å². The van der Waals surface area contributed by atoms with Crippen molar-refractivity contribution in [2.75, 3.05) is 4.90 Å². The van der Waals surface area contributed by atoms with Gasteiger partial charge >= 0.3 is 0 Å². The summed E-state index contributed by atoms with van der Waals surface area (Å²) in [4.78, 5) is 26.2. The molecule has 0 amide bonds. The zero-order chi connectivity index (χ0) is 23.2. The maximum Gasteiger partial charge on any atom is 0.269 e. The molecule has 4 rings (SSSR count). The molecular formula is C25H24N4O3. The molecule has 0 radical (unpaired) electrons. The van der Waals surface area contributed by atoms with Crippen molar-refractivity contribution >= 4 is 17.2 Å². The summed E-state index contributed by atoms with van der Waals surface area (Å²) in [7, 11) is 0. The van der Waals surface area contributed by atoms with Crippen molar-refractivity contribution in [1.82, 2.24) is 0 Å². The number of nitrogens with two attached hydrogens (primary N) is 1. The lowest BCUT2D eigenvalue weighted by atomic mass is 9.68. The van der Waals surface area contributed by atoms with Crippen LogP contribution in [0.2, 0.25) is 0 Å². The maximum atomic E-state index is 13.5. The minimum atomic E-state index is -0.737. The zero-order valence-electron chi connectivity index (χ0n) is 18.3. The van der Waals surface area contributed by atoms with Gasteiger partial charge in [0.1, 0.15) is 5.82 Å². The summed E-state index contributed by atoms with van der Waals surface area (Å²) in [5.74, 6) is -0.552. The summed E-state index contributed by atoms with van der Waals surface area (Å²) in [6.45, 7) is 6.03. The van der Waals surface area contributed by atoms with Crippen LogP contribution in [0.25, 0.3) is 0 Å². The first-order valence-electron chi connectivity index (χ1n) is 10.4. The minimum Gasteiger partial charge on any atom is -0.384 e. The van der Waals surface area contributed by atoms with Crippen LogP contribution in [-0.4, -0.2) is 10.7 Å². The van der Waals surface area contributed by atoms with Crippen LogP contribution in [0.15, 0.2) is 71.2 Å². The van der Waals surface area contributed by atoms with Gasteiger partial charge in [0.2, 0.25) is 0 Å². The molecule has 2 N–H and O–H groups in total. The smallest absolute Gasteiger partial charge is 0.269 e. The molecular weight excluding hydrogens is 404 g/mol. The molecule has 1 unspecified atom stereocenters. The van der Waals surface area contributed by atoms with Gasteiger partial charge in [0.25, 0.3) is 5.69 Å². The Morgan fingerprint density at radius 2 is 1.91 bits per heavy atom. The number of Topliss-reactive ketones (excluding diaryl/α,β-unsaturated/α-hetero) is 1. The first-order valence-corrected chi connectivity index (χ1v) is 10.4. The number of carbonyl (C=O) groups excluding carboxylic acids is 1. The predicted octanol–water partition coefficient (Wildman–Crippen LogP) is 4.84. The summed E-state index contributed by atoms with van der Waals surface area (Å²) < 4.78 is 0. The van der Waals surface area contributed by atoms with E-state index in [1.807, 2.05) is 49.9 Å². The third-order valence-electron chi connectivity index (χ3n) is 6.06. The molecule has 0 saturated carbocycles. The number of hydrogen-bond acceptors (Lipinski definition) is 6. The van der Waals surface area contributed by atoms with Crippen molar-refractivity contribution in [3.05, 3.63) is 92.4 Å². The van der Waals surface area contributed by atoms with Gasteiger partial charge in [-0.15, -0.1) is 0 Å². The normalized spacial score (nSPS) is 20.1. The fraction of sp³-hybridized carbons (Fsp3) is 0.280. The van der Waals surface area contributed by atoms with Gasteiger partial charge in [-0.05, 0) is 42.0 Å². The number of nitro groups is 1. The van der Waals surface area contributed by atoms with E-state index in [0.717, 1.165) is 16.9 Å². The third-order valence-corrected chi connectivity index (χ3v) is 6.06. The van der Waals surface area contributed by atoms with E-state index < -0.39 is 10.8 Å². The number of nitrogens with zero attached hydrogens (tertiary/aromatic N) is 3. The van der Waals surface area contributed by atoms with E-state index in [1.165, 1.54) is 12.1 Å². The molecule has 0 spiro atoms. The second kappa shape index (κ2) is 7.65. The number of ketones is 1. The Morgan fingerprint density at radius 3 is 2.56 bits per heavy atom. The Morgan fingerprint density at radius 1 is 1.19 bits per heavy atom. The van der Waals surface area contributed by atoms with Gasteiger partial charge in [-0.3, -0.25) is 19.8 Å². The third kappa shape index (κ3) is 3.54. The van der Waals surface area contributed by atoms with Gasteiger partial charge in [-0.2, -0.15) is 5.26 Å². The maximum absolute atomic E-state index is 13.5. The lowest BCUT2D eigenvalue weighted by Gasteiger charge is -2.43. The summed E-state index contributed by atoms with van der Waals surface area (Å²) in [6.07, 6.45) is 0.921. The Labute approximate surface area is 186 Å². The van der Waals surface area contributed by atoms with E-state index in [2.05, 4.69) is 6.07 Å². The van der Waals surface area contributed by atoms with Crippen LogP contribution < -0.4 is 10.6 Å². The van der Waals surface area contributed by atoms with Gasteiger partial charge in [-0.1, -0.05) is 38.1 Å². The fourth-order valence-corrected chi connectivity index (χ4v) is 4.72. The molecule has 0 saturated heterocycles. The molecule has 2 aliphatic rings. The fourth-order valence-electron chi connectivity index (χ4n) is 4.72. The largest absolute Gasteiger partial charge is 0.384 e. The van der Waals surface area contributed by atoms with Crippen LogP contribution in [0.1, 0.15) is 43.7 Å². The highest BCUT2D eigenvalue weighted by atomic mass is 16.6. The average Bonchev–Trinajstić information content (AvgIpc) is 2.72. The quantitative estimate of drug-likeness (QED) is 0.552. The average molecular weight is 428 g/mol. The van der Waals surface area contributed by atoms with Crippen LogP contribution in [-0.2, 0) is 4.79 Å². The molecule has 0 fully saturated rings. The Balaban J connectivity index is 2.01. The van der Waals surface area contributed by atoms with Crippen molar-refractivity contribution in [2.45, 2.75) is 39.5 Å². The van der Waals surface area contributed by atoms with E-state index in [-0.39, 0.29) is 28.3 Å². The number of aryl methyl sites for hydroxylation is 1. The predicted molar refractivity (Wildman–Crippen MR) is 121 cm³/mol. The first kappa shape index (κ1) is 21.3. The summed E-state index contributed by atoms with van der Waals surface area (Å²) in [5.41, 5.74) is 10.0. The van der Waals surface area contributed by atoms with Crippen LogP contribution in [0.5, 0.6) is 0 Å². The van der Waals surface area contributed by atoms with Gasteiger partial charge in [0, 0.05) is 35.5 Å². The second-order valence-electron chi connectivity index (χ2n) is 9.17. The molecule has 0 aromatic heterocycles. The second-order valence-corrected chi connectivity index (χ2v) is 9.17. The Kier molecular flexibility index (Phi) is 5.09.